The number of hydrogen-bond acceptors (Lipinski definition) is 7. The van der Waals surface area contributed by atoms with Gasteiger partial charge < -0.3 is 4.74 Å². The number of imide groups is 1. The molecule has 0 N–H and O–H groups in total. The molecule has 0 spiro atoms. The Bertz CT molecular complexity index is 1140. The number of esters is 1. The third-order valence-corrected chi connectivity index (χ3v) is 4.95. The van der Waals surface area contributed by atoms with Crippen LogP contribution in [0.1, 0.15) is 30.4 Å². The number of carbonyl (C=O) groups excluding carboxylic acids is 3. The Morgan fingerprint density at radius 3 is 2.54 bits per heavy atom. The molecule has 1 aliphatic rings. The van der Waals surface area contributed by atoms with Crippen molar-refractivity contribution in [1.82, 2.24) is 0 Å². The number of nitro benzene ring substituents is 1. The summed E-state index contributed by atoms with van der Waals surface area (Å²) in [4.78, 5) is 49.3. The van der Waals surface area contributed by atoms with Crippen molar-refractivity contribution in [2.75, 3.05) is 4.90 Å². The van der Waals surface area contributed by atoms with E-state index in [2.05, 4.69) is 0 Å². The summed E-state index contributed by atoms with van der Waals surface area (Å²) in [6.45, 7) is 0. The first-order chi connectivity index (χ1) is 13.5. The van der Waals surface area contributed by atoms with Gasteiger partial charge in [0, 0.05) is 12.1 Å². The second-order valence-electron chi connectivity index (χ2n) is 5.77. The standard InChI is InChI=1S/C19H10N2O6S/c22-17-13-6-2-7-14(21(25)26)16(13)18(23)20(17)11-4-1-5-12(10-11)27-19(24)15-8-3-9-28-15/h1-10H. The summed E-state index contributed by atoms with van der Waals surface area (Å²) >= 11 is 1.22. The zero-order valence-electron chi connectivity index (χ0n) is 14.0. The van der Waals surface area contributed by atoms with Crippen LogP contribution in [0, 0.1) is 10.1 Å². The summed E-state index contributed by atoms with van der Waals surface area (Å²) in [6, 6.07) is 13.1. The van der Waals surface area contributed by atoms with E-state index >= 15 is 0 Å². The largest absolute Gasteiger partial charge is 0.422 e. The number of anilines is 1. The van der Waals surface area contributed by atoms with Gasteiger partial charge in [0.15, 0.2) is 0 Å². The maximum atomic E-state index is 12.7. The van der Waals surface area contributed by atoms with Crippen molar-refractivity contribution in [3.63, 3.8) is 0 Å². The van der Waals surface area contributed by atoms with Gasteiger partial charge in [-0.05, 0) is 29.6 Å². The number of rotatable bonds is 4. The van der Waals surface area contributed by atoms with Gasteiger partial charge in [-0.15, -0.1) is 11.3 Å². The van der Waals surface area contributed by atoms with Crippen LogP contribution in [0.5, 0.6) is 5.75 Å². The molecule has 9 heteroatoms. The summed E-state index contributed by atoms with van der Waals surface area (Å²) in [5.41, 5.74) is -0.575. The molecule has 1 aliphatic heterocycles. The zero-order valence-corrected chi connectivity index (χ0v) is 14.8. The average molecular weight is 394 g/mol. The SMILES string of the molecule is O=C(Oc1cccc(N2C(=O)c3cccc([N+](=O)[O-])c3C2=O)c1)c1cccs1. The van der Waals surface area contributed by atoms with Gasteiger partial charge in [-0.1, -0.05) is 18.2 Å². The van der Waals surface area contributed by atoms with E-state index in [4.69, 9.17) is 4.74 Å². The molecule has 0 saturated carbocycles. The minimum atomic E-state index is -0.797. The Morgan fingerprint density at radius 2 is 1.82 bits per heavy atom. The second-order valence-corrected chi connectivity index (χ2v) is 6.71. The van der Waals surface area contributed by atoms with Gasteiger partial charge in [0.25, 0.3) is 17.5 Å². The number of benzene rings is 2. The molecule has 0 bridgehead atoms. The fourth-order valence-corrected chi connectivity index (χ4v) is 3.49. The Labute approximate surface area is 161 Å². The minimum absolute atomic E-state index is 0.0415. The lowest BCUT2D eigenvalue weighted by molar-refractivity contribution is -0.385. The lowest BCUT2D eigenvalue weighted by atomic mass is 10.1. The van der Waals surface area contributed by atoms with Crippen LogP contribution < -0.4 is 9.64 Å². The van der Waals surface area contributed by atoms with Crippen LogP contribution >= 0.6 is 11.3 Å². The maximum Gasteiger partial charge on any atom is 0.353 e. The minimum Gasteiger partial charge on any atom is -0.422 e. The van der Waals surface area contributed by atoms with Crippen molar-refractivity contribution >= 4 is 40.5 Å². The van der Waals surface area contributed by atoms with E-state index in [0.717, 1.165) is 4.90 Å². The molecule has 2 heterocycles. The first-order valence-electron chi connectivity index (χ1n) is 7.99. The molecule has 2 amide bonds. The van der Waals surface area contributed by atoms with Crippen LogP contribution in [0.3, 0.4) is 0 Å². The quantitative estimate of drug-likeness (QED) is 0.220. The van der Waals surface area contributed by atoms with Crippen LogP contribution in [0.15, 0.2) is 60.0 Å². The van der Waals surface area contributed by atoms with E-state index in [1.807, 2.05) is 0 Å². The van der Waals surface area contributed by atoms with E-state index in [1.165, 1.54) is 53.8 Å². The predicted octanol–water partition coefficient (Wildman–Crippen LogP) is 3.68. The number of thiophene rings is 1. The number of carbonyl (C=O) groups is 3. The molecule has 2 aromatic carbocycles. The number of amides is 2. The molecule has 28 heavy (non-hydrogen) atoms. The summed E-state index contributed by atoms with van der Waals surface area (Å²) < 4.78 is 5.28. The van der Waals surface area contributed by atoms with Crippen molar-refractivity contribution in [2.45, 2.75) is 0 Å². The summed E-state index contributed by atoms with van der Waals surface area (Å²) in [6.07, 6.45) is 0. The van der Waals surface area contributed by atoms with E-state index < -0.39 is 28.4 Å². The molecule has 8 nitrogen and oxygen atoms in total. The van der Waals surface area contributed by atoms with Gasteiger partial charge in [-0.25, -0.2) is 9.69 Å². The fourth-order valence-electron chi connectivity index (χ4n) is 2.89. The molecule has 0 atom stereocenters. The van der Waals surface area contributed by atoms with Crippen molar-refractivity contribution < 1.29 is 24.0 Å². The highest BCUT2D eigenvalue weighted by atomic mass is 32.1. The first-order valence-corrected chi connectivity index (χ1v) is 8.87. The summed E-state index contributed by atoms with van der Waals surface area (Å²) in [5.74, 6) is -1.90. The highest BCUT2D eigenvalue weighted by molar-refractivity contribution is 7.12. The molecule has 0 radical (unpaired) electrons. The molecule has 4 rings (SSSR count). The van der Waals surface area contributed by atoms with Crippen molar-refractivity contribution in [1.29, 1.82) is 0 Å². The van der Waals surface area contributed by atoms with Crippen molar-refractivity contribution in [2.24, 2.45) is 0 Å². The molecule has 0 aliphatic carbocycles. The third-order valence-electron chi connectivity index (χ3n) is 4.10. The topological polar surface area (TPSA) is 107 Å². The van der Waals surface area contributed by atoms with Gasteiger partial charge in [-0.2, -0.15) is 0 Å². The number of fused-ring (bicyclic) bond motifs is 1. The average Bonchev–Trinajstić information content (AvgIpc) is 3.30. The predicted molar refractivity (Wildman–Crippen MR) is 100.0 cm³/mol. The molecule has 1 aromatic heterocycles. The second kappa shape index (κ2) is 6.71. The van der Waals surface area contributed by atoms with Gasteiger partial charge in [-0.3, -0.25) is 19.7 Å². The molecule has 138 valence electrons. The van der Waals surface area contributed by atoms with Crippen molar-refractivity contribution in [3.05, 3.63) is 86.1 Å². The van der Waals surface area contributed by atoms with E-state index in [9.17, 15) is 24.5 Å². The Balaban J connectivity index is 1.68. The number of ether oxygens (including phenoxy) is 1. The van der Waals surface area contributed by atoms with Crippen molar-refractivity contribution in [3.8, 4) is 5.75 Å². The smallest absolute Gasteiger partial charge is 0.353 e. The number of nitrogens with zero attached hydrogens (tertiary/aromatic N) is 2. The number of nitro groups is 1. The van der Waals surface area contributed by atoms with Crippen LogP contribution in [0.2, 0.25) is 0 Å². The fraction of sp³-hybridized carbons (Fsp3) is 0. The molecule has 3 aromatic rings. The monoisotopic (exact) mass is 394 g/mol. The molecular formula is C19H10N2O6S. The Hall–Kier alpha value is -3.85. The van der Waals surface area contributed by atoms with Gasteiger partial charge in [0.05, 0.1) is 16.2 Å². The third kappa shape index (κ3) is 2.83. The number of hydrogen-bond donors (Lipinski definition) is 0. The lowest BCUT2D eigenvalue weighted by Crippen LogP contribution is -2.29. The Morgan fingerprint density at radius 1 is 1.04 bits per heavy atom. The normalized spacial score (nSPS) is 12.8. The van der Waals surface area contributed by atoms with Crippen LogP contribution in [-0.4, -0.2) is 22.7 Å². The van der Waals surface area contributed by atoms with Crippen LogP contribution in [-0.2, 0) is 0 Å². The molecule has 0 unspecified atom stereocenters. The summed E-state index contributed by atoms with van der Waals surface area (Å²) in [5, 5.41) is 12.9. The lowest BCUT2D eigenvalue weighted by Gasteiger charge is -2.14. The zero-order chi connectivity index (χ0) is 19.8. The van der Waals surface area contributed by atoms with Gasteiger partial charge >= 0.3 is 5.97 Å². The molecule has 0 fully saturated rings. The molecule has 0 saturated heterocycles. The van der Waals surface area contributed by atoms with Gasteiger partial charge in [0.1, 0.15) is 16.2 Å². The van der Waals surface area contributed by atoms with Gasteiger partial charge in [0.2, 0.25) is 0 Å². The van der Waals surface area contributed by atoms with E-state index in [0.29, 0.717) is 4.88 Å². The van der Waals surface area contributed by atoms with E-state index in [-0.39, 0.29) is 22.6 Å². The highest BCUT2D eigenvalue weighted by Gasteiger charge is 2.41. The molecular weight excluding hydrogens is 384 g/mol. The van der Waals surface area contributed by atoms with Crippen LogP contribution in [0.4, 0.5) is 11.4 Å². The van der Waals surface area contributed by atoms with Crippen LogP contribution in [0.25, 0.3) is 0 Å². The maximum absolute atomic E-state index is 12.7. The van der Waals surface area contributed by atoms with E-state index in [1.54, 1.807) is 17.5 Å². The Kier molecular flexibility index (Phi) is 4.21. The summed E-state index contributed by atoms with van der Waals surface area (Å²) in [7, 11) is 0. The highest BCUT2D eigenvalue weighted by Crippen LogP contribution is 2.35. The first kappa shape index (κ1) is 17.6.